The second-order valence-corrected chi connectivity index (χ2v) is 9.29. The average molecular weight is 312 g/mol. The van der Waals surface area contributed by atoms with Crippen molar-refractivity contribution in [3.63, 3.8) is 0 Å². The second kappa shape index (κ2) is 5.73. The Balaban J connectivity index is 3.61. The van der Waals surface area contributed by atoms with E-state index in [0.29, 0.717) is 18.4 Å². The molecule has 0 heterocycles. The highest BCUT2D eigenvalue weighted by Gasteiger charge is 2.55. The van der Waals surface area contributed by atoms with Crippen LogP contribution in [0.15, 0.2) is 30.3 Å². The van der Waals surface area contributed by atoms with E-state index in [0.717, 1.165) is 0 Å². The Labute approximate surface area is 129 Å². The van der Waals surface area contributed by atoms with Crippen molar-refractivity contribution >= 4 is 10.1 Å². The van der Waals surface area contributed by atoms with Gasteiger partial charge in [0.25, 0.3) is 10.1 Å². The molecule has 0 bridgehead atoms. The smallest absolute Gasteiger partial charge is 0.275 e. The molecule has 120 valence electrons. The van der Waals surface area contributed by atoms with Gasteiger partial charge < -0.3 is 0 Å². The maximum absolute atomic E-state index is 12.4. The summed E-state index contributed by atoms with van der Waals surface area (Å²) >= 11 is 0. The van der Waals surface area contributed by atoms with Crippen LogP contribution in [0, 0.1) is 10.8 Å². The van der Waals surface area contributed by atoms with Crippen LogP contribution in [-0.4, -0.2) is 13.0 Å². The summed E-state index contributed by atoms with van der Waals surface area (Å²) in [6.07, 6.45) is 1.02. The van der Waals surface area contributed by atoms with Gasteiger partial charge in [0.15, 0.2) is 0 Å². The summed E-state index contributed by atoms with van der Waals surface area (Å²) < 4.78 is 33.5. The van der Waals surface area contributed by atoms with Crippen molar-refractivity contribution < 1.29 is 13.0 Å². The highest BCUT2D eigenvalue weighted by Crippen LogP contribution is 2.53. The first-order chi connectivity index (χ1) is 9.37. The largest absolute Gasteiger partial charge is 0.285 e. The molecular weight excluding hydrogens is 284 g/mol. The van der Waals surface area contributed by atoms with E-state index in [4.69, 9.17) is 0 Å². The normalized spacial score (nSPS) is 16.5. The molecule has 1 unspecified atom stereocenters. The van der Waals surface area contributed by atoms with E-state index in [1.807, 2.05) is 39.0 Å². The van der Waals surface area contributed by atoms with E-state index < -0.39 is 20.3 Å². The van der Waals surface area contributed by atoms with E-state index in [9.17, 15) is 13.0 Å². The second-order valence-electron chi connectivity index (χ2n) is 7.64. The molecule has 0 spiro atoms. The summed E-state index contributed by atoms with van der Waals surface area (Å²) in [5.41, 5.74) is 0.0162. The lowest BCUT2D eigenvalue weighted by Gasteiger charge is -2.47. The van der Waals surface area contributed by atoms with Gasteiger partial charge in [-0.2, -0.15) is 8.42 Å². The lowest BCUT2D eigenvalue weighted by atomic mass is 9.65. The van der Waals surface area contributed by atoms with Crippen LogP contribution in [0.2, 0.25) is 0 Å². The van der Waals surface area contributed by atoms with Crippen molar-refractivity contribution in [2.24, 2.45) is 10.8 Å². The molecule has 1 atom stereocenters. The minimum atomic E-state index is -4.26. The molecule has 0 radical (unpaired) electrons. The molecule has 0 aliphatic rings. The maximum Gasteiger partial charge on any atom is 0.275 e. The Hall–Kier alpha value is -0.870. The van der Waals surface area contributed by atoms with E-state index in [2.05, 4.69) is 20.8 Å². The maximum atomic E-state index is 12.4. The van der Waals surface area contributed by atoms with Gasteiger partial charge in [-0.25, -0.2) is 0 Å². The van der Waals surface area contributed by atoms with Crippen molar-refractivity contribution in [1.82, 2.24) is 0 Å². The molecule has 0 amide bonds. The van der Waals surface area contributed by atoms with Gasteiger partial charge in [-0.3, -0.25) is 4.55 Å². The lowest BCUT2D eigenvalue weighted by Crippen LogP contribution is -2.49. The SMILES string of the molecule is CCC(c1ccccc1)(C(C)(C)CC(C)(C)C)S(=O)(=O)O. The van der Waals surface area contributed by atoms with Crippen molar-refractivity contribution in [3.05, 3.63) is 35.9 Å². The molecular formula is C17H28O3S. The van der Waals surface area contributed by atoms with Crippen LogP contribution in [0.5, 0.6) is 0 Å². The first-order valence-electron chi connectivity index (χ1n) is 7.40. The first-order valence-corrected chi connectivity index (χ1v) is 8.84. The van der Waals surface area contributed by atoms with Crippen LogP contribution < -0.4 is 0 Å². The number of benzene rings is 1. The van der Waals surface area contributed by atoms with E-state index in [1.165, 1.54) is 0 Å². The zero-order valence-corrected chi connectivity index (χ0v) is 14.8. The van der Waals surface area contributed by atoms with Gasteiger partial charge >= 0.3 is 0 Å². The fraction of sp³-hybridized carbons (Fsp3) is 0.647. The van der Waals surface area contributed by atoms with Gasteiger partial charge in [0.05, 0.1) is 0 Å². The molecule has 1 N–H and O–H groups in total. The van der Waals surface area contributed by atoms with Crippen LogP contribution in [0.25, 0.3) is 0 Å². The van der Waals surface area contributed by atoms with E-state index >= 15 is 0 Å². The molecule has 3 nitrogen and oxygen atoms in total. The van der Waals surface area contributed by atoms with Gasteiger partial charge in [0, 0.05) is 0 Å². The third-order valence-corrected chi connectivity index (χ3v) is 6.20. The third kappa shape index (κ3) is 3.49. The molecule has 0 aliphatic carbocycles. The van der Waals surface area contributed by atoms with Gasteiger partial charge in [-0.1, -0.05) is 71.9 Å². The summed E-state index contributed by atoms with van der Waals surface area (Å²) in [7, 11) is -4.26. The Bertz CT molecular complexity index is 568. The average Bonchev–Trinajstić information content (AvgIpc) is 2.26. The Morgan fingerprint density at radius 3 is 1.81 bits per heavy atom. The molecule has 0 saturated heterocycles. The summed E-state index contributed by atoms with van der Waals surface area (Å²) in [5, 5.41) is 0. The van der Waals surface area contributed by atoms with Crippen LogP contribution in [0.3, 0.4) is 0 Å². The predicted molar refractivity (Wildman–Crippen MR) is 87.8 cm³/mol. The van der Waals surface area contributed by atoms with Crippen molar-refractivity contribution in [2.45, 2.75) is 59.1 Å². The fourth-order valence-electron chi connectivity index (χ4n) is 3.93. The molecule has 0 aliphatic heterocycles. The number of hydrogen-bond donors (Lipinski definition) is 1. The molecule has 1 aromatic carbocycles. The molecule has 1 rings (SSSR count). The topological polar surface area (TPSA) is 54.4 Å². The highest BCUT2D eigenvalue weighted by molar-refractivity contribution is 7.86. The predicted octanol–water partition coefficient (Wildman–Crippen LogP) is 4.64. The summed E-state index contributed by atoms with van der Waals surface area (Å²) in [4.78, 5) is 0. The number of rotatable bonds is 5. The highest BCUT2D eigenvalue weighted by atomic mass is 32.2. The van der Waals surface area contributed by atoms with Crippen molar-refractivity contribution in [1.29, 1.82) is 0 Å². The quantitative estimate of drug-likeness (QED) is 0.806. The van der Waals surface area contributed by atoms with E-state index in [1.54, 1.807) is 12.1 Å². The zero-order chi connectivity index (χ0) is 16.5. The Morgan fingerprint density at radius 1 is 1.00 bits per heavy atom. The van der Waals surface area contributed by atoms with Crippen molar-refractivity contribution in [2.75, 3.05) is 0 Å². The van der Waals surface area contributed by atoms with Crippen LogP contribution in [-0.2, 0) is 14.9 Å². The third-order valence-electron chi connectivity index (χ3n) is 4.24. The minimum absolute atomic E-state index is 0.0383. The van der Waals surface area contributed by atoms with Crippen LogP contribution in [0.1, 0.15) is 59.9 Å². The van der Waals surface area contributed by atoms with Crippen LogP contribution >= 0.6 is 0 Å². The van der Waals surface area contributed by atoms with Gasteiger partial charge in [0.1, 0.15) is 4.75 Å². The first kappa shape index (κ1) is 18.2. The molecule has 0 fully saturated rings. The summed E-state index contributed by atoms with van der Waals surface area (Å²) in [6, 6.07) is 9.07. The van der Waals surface area contributed by atoms with Crippen molar-refractivity contribution in [3.8, 4) is 0 Å². The molecule has 21 heavy (non-hydrogen) atoms. The number of hydrogen-bond acceptors (Lipinski definition) is 2. The molecule has 0 saturated carbocycles. The standard InChI is InChI=1S/C17H28O3S/c1-7-17(21(18,19)20,14-11-9-8-10-12-14)16(5,6)13-15(2,3)4/h8-12H,7,13H2,1-6H3,(H,18,19,20). The summed E-state index contributed by atoms with van der Waals surface area (Å²) in [5.74, 6) is 0. The van der Waals surface area contributed by atoms with Crippen LogP contribution in [0.4, 0.5) is 0 Å². The zero-order valence-electron chi connectivity index (χ0n) is 14.0. The van der Waals surface area contributed by atoms with E-state index in [-0.39, 0.29) is 5.41 Å². The molecule has 0 aromatic heterocycles. The monoisotopic (exact) mass is 312 g/mol. The molecule has 1 aromatic rings. The lowest BCUT2D eigenvalue weighted by molar-refractivity contribution is 0.136. The van der Waals surface area contributed by atoms with Gasteiger partial charge in [0.2, 0.25) is 0 Å². The van der Waals surface area contributed by atoms with Gasteiger partial charge in [-0.05, 0) is 29.2 Å². The minimum Gasteiger partial charge on any atom is -0.285 e. The molecule has 4 heteroatoms. The Kier molecular flexibility index (Phi) is 4.96. The van der Waals surface area contributed by atoms with Gasteiger partial charge in [-0.15, -0.1) is 0 Å². The fourth-order valence-corrected chi connectivity index (χ4v) is 5.50. The summed E-state index contributed by atoms with van der Waals surface area (Å²) in [6.45, 7) is 12.0. The Morgan fingerprint density at radius 2 is 1.48 bits per heavy atom.